The van der Waals surface area contributed by atoms with E-state index >= 15 is 0 Å². The summed E-state index contributed by atoms with van der Waals surface area (Å²) in [5.74, 6) is -0.306. The molecule has 19 heavy (non-hydrogen) atoms. The van der Waals surface area contributed by atoms with Gasteiger partial charge in [0.25, 0.3) is 0 Å². The first kappa shape index (κ1) is 18.1. The summed E-state index contributed by atoms with van der Waals surface area (Å²) >= 11 is 0. The number of carbonyl (C=O) groups excluding carboxylic acids is 1. The van der Waals surface area contributed by atoms with Crippen molar-refractivity contribution in [2.24, 2.45) is 0 Å². The maximum atomic E-state index is 10.9. The second kappa shape index (κ2) is 9.98. The number of allylic oxidation sites excluding steroid dienone is 2. The van der Waals surface area contributed by atoms with Crippen molar-refractivity contribution in [3.8, 4) is 0 Å². The average Bonchev–Trinajstić information content (AvgIpc) is 2.35. The van der Waals surface area contributed by atoms with Gasteiger partial charge >= 0.3 is 5.97 Å². The summed E-state index contributed by atoms with van der Waals surface area (Å²) in [6.07, 6.45) is 10.6. The highest BCUT2D eigenvalue weighted by atomic mass is 28.3. The van der Waals surface area contributed by atoms with E-state index in [0.717, 1.165) is 19.3 Å². The van der Waals surface area contributed by atoms with Crippen molar-refractivity contribution in [1.82, 2.24) is 0 Å². The minimum absolute atomic E-state index is 0.129. The molecule has 0 aliphatic carbocycles. The molecule has 1 atom stereocenters. The monoisotopic (exact) mass is 284 g/mol. The van der Waals surface area contributed by atoms with E-state index in [-0.39, 0.29) is 12.1 Å². The molecule has 0 amide bonds. The van der Waals surface area contributed by atoms with E-state index in [9.17, 15) is 4.79 Å². The third-order valence-corrected chi connectivity index (χ3v) is 4.58. The van der Waals surface area contributed by atoms with Crippen LogP contribution in [0.15, 0.2) is 24.3 Å². The van der Waals surface area contributed by atoms with Gasteiger partial charge in [0.1, 0.15) is 0 Å². The molecule has 0 fully saturated rings. The van der Waals surface area contributed by atoms with Crippen molar-refractivity contribution in [2.75, 3.05) is 14.2 Å². The van der Waals surface area contributed by atoms with Gasteiger partial charge in [-0.25, -0.2) is 4.79 Å². The molecular formula is C15H28O3Si. The van der Waals surface area contributed by atoms with Gasteiger partial charge in [0, 0.05) is 21.3 Å². The van der Waals surface area contributed by atoms with E-state index in [0.29, 0.717) is 0 Å². The molecule has 0 spiro atoms. The van der Waals surface area contributed by atoms with Crippen molar-refractivity contribution in [3.05, 3.63) is 24.3 Å². The quantitative estimate of drug-likeness (QED) is 0.280. The van der Waals surface area contributed by atoms with Crippen molar-refractivity contribution >= 4 is 14.0 Å². The molecule has 4 heteroatoms. The molecule has 0 aromatic carbocycles. The molecular weight excluding hydrogens is 256 g/mol. The Labute approximate surface area is 118 Å². The summed E-state index contributed by atoms with van der Waals surface area (Å²) in [4.78, 5) is 10.9. The summed E-state index contributed by atoms with van der Waals surface area (Å²) in [5, 5.41) is 0. The summed E-state index contributed by atoms with van der Waals surface area (Å²) < 4.78 is 9.92. The Kier molecular flexibility index (Phi) is 9.52. The zero-order valence-electron chi connectivity index (χ0n) is 12.9. The predicted octanol–water partition coefficient (Wildman–Crippen LogP) is 3.80. The summed E-state index contributed by atoms with van der Waals surface area (Å²) in [5.41, 5.74) is 0. The second-order valence-corrected chi connectivity index (χ2v) is 11.4. The van der Waals surface area contributed by atoms with Gasteiger partial charge < -0.3 is 9.47 Å². The third-order valence-electron chi connectivity index (χ3n) is 2.79. The highest BCUT2D eigenvalue weighted by Crippen LogP contribution is 2.12. The maximum Gasteiger partial charge on any atom is 0.330 e. The van der Waals surface area contributed by atoms with Crippen LogP contribution < -0.4 is 0 Å². The molecule has 3 nitrogen and oxygen atoms in total. The van der Waals surface area contributed by atoms with Crippen LogP contribution in [-0.2, 0) is 14.3 Å². The molecule has 0 aromatic heterocycles. The van der Waals surface area contributed by atoms with Gasteiger partial charge in [0.15, 0.2) is 0 Å². The third kappa shape index (κ3) is 11.9. The molecule has 0 radical (unpaired) electrons. The van der Waals surface area contributed by atoms with E-state index in [1.807, 2.05) is 6.08 Å². The van der Waals surface area contributed by atoms with E-state index in [4.69, 9.17) is 4.74 Å². The number of carbonyl (C=O) groups is 1. The van der Waals surface area contributed by atoms with Gasteiger partial charge in [0.05, 0.1) is 13.2 Å². The lowest BCUT2D eigenvalue weighted by Gasteiger charge is -2.14. The minimum Gasteiger partial charge on any atom is -0.466 e. The molecule has 0 aliphatic rings. The molecule has 0 N–H and O–H groups in total. The van der Waals surface area contributed by atoms with Crippen LogP contribution in [-0.4, -0.2) is 34.4 Å². The molecule has 0 unspecified atom stereocenters. The topological polar surface area (TPSA) is 35.5 Å². The number of rotatable bonds is 9. The Morgan fingerprint density at radius 3 is 2.37 bits per heavy atom. The molecule has 0 heterocycles. The van der Waals surface area contributed by atoms with Gasteiger partial charge in [-0.3, -0.25) is 0 Å². The van der Waals surface area contributed by atoms with Crippen LogP contribution in [0.2, 0.25) is 25.7 Å². The first-order chi connectivity index (χ1) is 8.89. The average molecular weight is 284 g/mol. The Morgan fingerprint density at radius 2 is 1.84 bits per heavy atom. The molecule has 0 bridgehead atoms. The van der Waals surface area contributed by atoms with Crippen LogP contribution in [0.4, 0.5) is 0 Å². The molecule has 110 valence electrons. The van der Waals surface area contributed by atoms with Gasteiger partial charge in [0.2, 0.25) is 0 Å². The number of ether oxygens (including phenoxy) is 2. The molecule has 0 aliphatic heterocycles. The number of esters is 1. The van der Waals surface area contributed by atoms with Gasteiger partial charge in [-0.2, -0.15) is 0 Å². The van der Waals surface area contributed by atoms with Crippen LogP contribution in [0, 0.1) is 0 Å². The minimum atomic E-state index is -0.942. The largest absolute Gasteiger partial charge is 0.466 e. The zero-order chi connectivity index (χ0) is 14.7. The Balaban J connectivity index is 3.92. The molecule has 0 rings (SSSR count). The lowest BCUT2D eigenvalue weighted by Crippen LogP contribution is -2.18. The van der Waals surface area contributed by atoms with Crippen LogP contribution in [0.5, 0.6) is 0 Å². The number of hydrogen-bond donors (Lipinski definition) is 0. The Hall–Kier alpha value is -0.873. The van der Waals surface area contributed by atoms with Crippen LogP contribution >= 0.6 is 0 Å². The van der Waals surface area contributed by atoms with E-state index < -0.39 is 8.07 Å². The smallest absolute Gasteiger partial charge is 0.330 e. The SMILES string of the molecule is COC(=O)/C=C/CC[C@@H](/C=C/CC[Si](C)(C)C)OC. The first-order valence-electron chi connectivity index (χ1n) is 6.83. The van der Waals surface area contributed by atoms with Gasteiger partial charge in [-0.1, -0.05) is 43.9 Å². The van der Waals surface area contributed by atoms with Crippen molar-refractivity contribution in [3.63, 3.8) is 0 Å². The van der Waals surface area contributed by atoms with Crippen LogP contribution in [0.1, 0.15) is 19.3 Å². The molecule has 0 saturated carbocycles. The normalized spacial score (nSPS) is 14.2. The lowest BCUT2D eigenvalue weighted by molar-refractivity contribution is -0.134. The van der Waals surface area contributed by atoms with E-state index in [1.54, 1.807) is 7.11 Å². The predicted molar refractivity (Wildman–Crippen MR) is 83.1 cm³/mol. The summed E-state index contributed by atoms with van der Waals surface area (Å²) in [6.45, 7) is 7.14. The standard InChI is InChI=1S/C15H28O3Si/c1-17-14(10-6-7-12-15(16)18-2)11-8-9-13-19(3,4)5/h7-8,11-12,14H,6,9-10,13H2,1-5H3/b11-8+,12-7+/t14-/m0/s1. The summed E-state index contributed by atoms with van der Waals surface area (Å²) in [7, 11) is 2.16. The Bertz CT molecular complexity index is 303. The van der Waals surface area contributed by atoms with E-state index in [2.05, 4.69) is 36.5 Å². The van der Waals surface area contributed by atoms with Gasteiger partial charge in [-0.15, -0.1) is 0 Å². The number of hydrogen-bond acceptors (Lipinski definition) is 3. The maximum absolute atomic E-state index is 10.9. The first-order valence-corrected chi connectivity index (χ1v) is 10.5. The second-order valence-electron chi connectivity index (χ2n) is 5.80. The molecule has 0 saturated heterocycles. The zero-order valence-corrected chi connectivity index (χ0v) is 13.9. The van der Waals surface area contributed by atoms with Crippen molar-refractivity contribution < 1.29 is 14.3 Å². The van der Waals surface area contributed by atoms with Crippen LogP contribution in [0.25, 0.3) is 0 Å². The molecule has 0 aromatic rings. The summed E-state index contributed by atoms with van der Waals surface area (Å²) in [6, 6.07) is 1.31. The number of methoxy groups -OCH3 is 2. The Morgan fingerprint density at radius 1 is 1.16 bits per heavy atom. The van der Waals surface area contributed by atoms with Gasteiger partial charge in [-0.05, 0) is 19.3 Å². The van der Waals surface area contributed by atoms with Crippen molar-refractivity contribution in [2.45, 2.75) is 51.1 Å². The van der Waals surface area contributed by atoms with Crippen molar-refractivity contribution in [1.29, 1.82) is 0 Å². The lowest BCUT2D eigenvalue weighted by atomic mass is 10.1. The van der Waals surface area contributed by atoms with E-state index in [1.165, 1.54) is 19.2 Å². The fraction of sp³-hybridized carbons (Fsp3) is 0.667. The highest BCUT2D eigenvalue weighted by Gasteiger charge is 2.10. The highest BCUT2D eigenvalue weighted by molar-refractivity contribution is 6.76. The fourth-order valence-electron chi connectivity index (χ4n) is 1.57. The fourth-order valence-corrected chi connectivity index (χ4v) is 2.60. The van der Waals surface area contributed by atoms with Crippen LogP contribution in [0.3, 0.4) is 0 Å².